The number of azo groups is 1. The maximum atomic E-state index is 14.3. The van der Waals surface area contributed by atoms with Crippen LogP contribution < -0.4 is 16.3 Å². The number of aliphatic hydroxyl groups excluding tert-OH is 1. The molecule has 1 N–H and O–H groups in total. The molecule has 54 heavy (non-hydrogen) atoms. The quantitative estimate of drug-likeness (QED) is 0.112. The molecule has 0 amide bonds. The third-order valence-corrected chi connectivity index (χ3v) is 11.2. The van der Waals surface area contributed by atoms with Crippen LogP contribution in [0.15, 0.2) is 134 Å². The third-order valence-electron chi connectivity index (χ3n) is 11.2. The van der Waals surface area contributed by atoms with Gasteiger partial charge in [-0.05, 0) is 102 Å². The molecule has 3 aromatic heterocycles. The first kappa shape index (κ1) is 32.2. The molecular weight excluding hydrogens is 673 g/mol. The molecule has 1 atom stereocenters. The van der Waals surface area contributed by atoms with Gasteiger partial charge in [-0.1, -0.05) is 58.0 Å². The van der Waals surface area contributed by atoms with Crippen LogP contribution in [0.25, 0.3) is 65.6 Å². The maximum absolute atomic E-state index is 14.3. The van der Waals surface area contributed by atoms with Gasteiger partial charge in [0, 0.05) is 43.4 Å². The molecule has 0 aliphatic carbocycles. The predicted octanol–water partition coefficient (Wildman–Crippen LogP) is 10.1. The molecule has 9 aromatic rings. The van der Waals surface area contributed by atoms with E-state index in [0.29, 0.717) is 71.4 Å². The van der Waals surface area contributed by atoms with Crippen molar-refractivity contribution in [2.24, 2.45) is 10.2 Å². The fourth-order valence-electron chi connectivity index (χ4n) is 8.39. The van der Waals surface area contributed by atoms with E-state index in [2.05, 4.69) is 42.5 Å². The van der Waals surface area contributed by atoms with Gasteiger partial charge in [-0.3, -0.25) is 14.4 Å². The summed E-state index contributed by atoms with van der Waals surface area (Å²) in [5, 5.41) is 24.4. The van der Waals surface area contributed by atoms with Gasteiger partial charge in [0.2, 0.25) is 0 Å². The van der Waals surface area contributed by atoms with Crippen molar-refractivity contribution in [2.75, 3.05) is 0 Å². The molecule has 0 fully saturated rings. The number of rotatable bonds is 4. The van der Waals surface area contributed by atoms with Gasteiger partial charge in [0.25, 0.3) is 0 Å². The average Bonchev–Trinajstić information content (AvgIpc) is 3.19. The molecule has 1 aliphatic rings. The lowest BCUT2D eigenvalue weighted by atomic mass is 9.88. The Labute approximate surface area is 308 Å². The Morgan fingerprint density at radius 2 is 1.04 bits per heavy atom. The highest BCUT2D eigenvalue weighted by Crippen LogP contribution is 2.43. The van der Waals surface area contributed by atoms with Crippen LogP contribution in [0.2, 0.25) is 0 Å². The Kier molecular flexibility index (Phi) is 6.85. The summed E-state index contributed by atoms with van der Waals surface area (Å²) in [5.41, 5.74) is 8.26. The Morgan fingerprint density at radius 3 is 1.70 bits per heavy atom. The van der Waals surface area contributed by atoms with E-state index < -0.39 is 6.10 Å². The Bertz CT molecular complexity index is 3320. The first-order chi connectivity index (χ1) is 26.1. The Hall–Kier alpha value is -6.51. The molecule has 262 valence electrons. The van der Waals surface area contributed by atoms with Crippen LogP contribution in [0, 0.1) is 0 Å². The fraction of sp³-hybridized carbons (Fsp3) is 0.152. The zero-order valence-corrected chi connectivity index (χ0v) is 30.1. The van der Waals surface area contributed by atoms with Crippen molar-refractivity contribution >= 4 is 71.3 Å². The largest absolute Gasteiger partial charge is 0.383 e. The second kappa shape index (κ2) is 11.5. The zero-order chi connectivity index (χ0) is 37.2. The van der Waals surface area contributed by atoms with Crippen LogP contribution in [-0.4, -0.2) is 14.1 Å². The Balaban J connectivity index is 1.14. The zero-order valence-electron chi connectivity index (χ0n) is 30.1. The fourth-order valence-corrected chi connectivity index (χ4v) is 8.39. The van der Waals surface area contributed by atoms with Gasteiger partial charge in [0.05, 0.1) is 44.6 Å². The van der Waals surface area contributed by atoms with Crippen molar-refractivity contribution in [3.63, 3.8) is 0 Å². The first-order valence-electron chi connectivity index (χ1n) is 18.3. The summed E-state index contributed by atoms with van der Waals surface area (Å²) < 4.78 is 4.10. The lowest BCUT2D eigenvalue weighted by molar-refractivity contribution is 0.219. The minimum absolute atomic E-state index is 0.0486. The van der Waals surface area contributed by atoms with Gasteiger partial charge in [-0.2, -0.15) is 10.2 Å². The molecule has 1 unspecified atom stereocenters. The third kappa shape index (κ3) is 4.43. The molecule has 4 heterocycles. The summed E-state index contributed by atoms with van der Waals surface area (Å²) in [5.74, 6) is 0.275. The van der Waals surface area contributed by atoms with Crippen LogP contribution in [0.4, 0.5) is 11.4 Å². The van der Waals surface area contributed by atoms with Gasteiger partial charge < -0.3 is 14.1 Å². The maximum Gasteiger partial charge on any atom is 0.197 e. The van der Waals surface area contributed by atoms with Gasteiger partial charge in [0.1, 0.15) is 6.10 Å². The summed E-state index contributed by atoms with van der Waals surface area (Å²) in [6, 6.07) is 33.9. The van der Waals surface area contributed by atoms with Gasteiger partial charge >= 0.3 is 0 Å². The van der Waals surface area contributed by atoms with Crippen LogP contribution in [0.1, 0.15) is 67.9 Å². The van der Waals surface area contributed by atoms with Crippen LogP contribution in [0.5, 0.6) is 0 Å². The number of hydrogen-bond acceptors (Lipinski definition) is 6. The molecule has 0 saturated carbocycles. The predicted molar refractivity (Wildman–Crippen MR) is 217 cm³/mol. The molecule has 0 radical (unpaired) electrons. The summed E-state index contributed by atoms with van der Waals surface area (Å²) in [6.07, 6.45) is -0.988. The molecule has 0 bridgehead atoms. The van der Waals surface area contributed by atoms with Crippen molar-refractivity contribution in [1.82, 2.24) is 8.97 Å². The summed E-state index contributed by atoms with van der Waals surface area (Å²) in [4.78, 5) is 41.8. The number of aromatic nitrogens is 2. The van der Waals surface area contributed by atoms with Crippen molar-refractivity contribution in [1.29, 1.82) is 0 Å². The van der Waals surface area contributed by atoms with Gasteiger partial charge in [-0.15, -0.1) is 0 Å². The van der Waals surface area contributed by atoms with E-state index in [4.69, 9.17) is 0 Å². The smallest absolute Gasteiger partial charge is 0.197 e. The van der Waals surface area contributed by atoms with Crippen molar-refractivity contribution < 1.29 is 5.11 Å². The second-order valence-electron chi connectivity index (χ2n) is 15.0. The van der Waals surface area contributed by atoms with E-state index in [0.717, 1.165) is 27.8 Å². The normalized spacial score (nSPS) is 14.3. The number of benzene rings is 6. The number of hydrogen-bond donors (Lipinski definition) is 1. The van der Waals surface area contributed by atoms with E-state index in [1.54, 1.807) is 6.07 Å². The summed E-state index contributed by atoms with van der Waals surface area (Å²) in [6.45, 7) is 8.26. The van der Waals surface area contributed by atoms with Crippen molar-refractivity contribution in [3.05, 3.63) is 162 Å². The van der Waals surface area contributed by atoms with E-state index in [-0.39, 0.29) is 28.1 Å². The SMILES string of the molecule is CC(C)c1cc2c3c(c1)c(=O)c1ccccc1n3-c1ccc(N=Nc3ccc4c(c3)c(=O)c3cc(C(C)C)cc5c(=O)c6ccccc6n4c53)cc1C2O. The van der Waals surface area contributed by atoms with E-state index in [1.165, 1.54) is 0 Å². The molecule has 1 aliphatic heterocycles. The monoisotopic (exact) mass is 706 g/mol. The first-order valence-corrected chi connectivity index (χ1v) is 18.3. The number of fused-ring (bicyclic) bond motifs is 8. The molecule has 8 heteroatoms. The molecule has 10 rings (SSSR count). The van der Waals surface area contributed by atoms with Gasteiger partial charge in [0.15, 0.2) is 16.3 Å². The molecular formula is C46H34N4O4. The second-order valence-corrected chi connectivity index (χ2v) is 15.0. The number of para-hydroxylation sites is 2. The van der Waals surface area contributed by atoms with E-state index in [9.17, 15) is 19.5 Å². The molecule has 8 nitrogen and oxygen atoms in total. The Morgan fingerprint density at radius 1 is 0.519 bits per heavy atom. The lowest BCUT2D eigenvalue weighted by Gasteiger charge is -2.29. The highest BCUT2D eigenvalue weighted by Gasteiger charge is 2.29. The lowest BCUT2D eigenvalue weighted by Crippen LogP contribution is -2.20. The number of aliphatic hydroxyl groups is 1. The van der Waals surface area contributed by atoms with Crippen LogP contribution >= 0.6 is 0 Å². The van der Waals surface area contributed by atoms with Crippen molar-refractivity contribution in [3.8, 4) is 5.69 Å². The highest BCUT2D eigenvalue weighted by atomic mass is 16.3. The highest BCUT2D eigenvalue weighted by molar-refractivity contribution is 6.08. The topological polar surface area (TPSA) is 106 Å². The summed E-state index contributed by atoms with van der Waals surface area (Å²) in [7, 11) is 0. The standard InChI is InChI=1S/C46H34N4O4/c1-23(2)25-17-33-41-35(19-25)45(53)31-21-27(13-15-39(31)49(41)37-11-7-5-9-29(37)43(33)51)47-48-28-14-16-40-32(22-28)46(54)36-20-26(24(3)4)18-34-42(36)50(40)38-12-8-6-10-30(38)44(34)52/h5-24,45,53H,1-4H3. The van der Waals surface area contributed by atoms with Crippen LogP contribution in [-0.2, 0) is 0 Å². The van der Waals surface area contributed by atoms with Gasteiger partial charge in [-0.25, -0.2) is 0 Å². The number of nitrogens with zero attached hydrogens (tertiary/aromatic N) is 4. The minimum atomic E-state index is -0.988. The molecule has 0 spiro atoms. The van der Waals surface area contributed by atoms with E-state index in [1.807, 2.05) is 108 Å². The average molecular weight is 707 g/mol. The van der Waals surface area contributed by atoms with Crippen LogP contribution in [0.3, 0.4) is 0 Å². The molecule has 6 aromatic carbocycles. The van der Waals surface area contributed by atoms with E-state index >= 15 is 0 Å². The number of pyridine rings is 3. The van der Waals surface area contributed by atoms with Crippen molar-refractivity contribution in [2.45, 2.75) is 45.6 Å². The molecule has 0 saturated heterocycles. The minimum Gasteiger partial charge on any atom is -0.383 e. The summed E-state index contributed by atoms with van der Waals surface area (Å²) >= 11 is 0.